The summed E-state index contributed by atoms with van der Waals surface area (Å²) in [6, 6.07) is 15.0. The molecule has 0 aromatic heterocycles. The molecule has 0 saturated carbocycles. The Hall–Kier alpha value is -3.13. The van der Waals surface area contributed by atoms with Gasteiger partial charge in [-0.2, -0.15) is 0 Å². The van der Waals surface area contributed by atoms with Crippen molar-refractivity contribution in [3.05, 3.63) is 76.6 Å². The summed E-state index contributed by atoms with van der Waals surface area (Å²) in [4.78, 5) is 30.2. The number of hydrogen-bond donors (Lipinski definition) is 0. The molecular weight excluding hydrogens is 340 g/mol. The lowest BCUT2D eigenvalue weighted by Gasteiger charge is -2.19. The van der Waals surface area contributed by atoms with Crippen LogP contribution in [0.5, 0.6) is 0 Å². The number of nitrogens with zero attached hydrogens (tertiary/aromatic N) is 2. The molecule has 2 aromatic carbocycles. The number of benzene rings is 2. The van der Waals surface area contributed by atoms with Crippen LogP contribution >= 0.6 is 0 Å². The summed E-state index contributed by atoms with van der Waals surface area (Å²) >= 11 is 0. The molecule has 1 heterocycles. The Labute approximate surface area is 159 Å². The van der Waals surface area contributed by atoms with E-state index in [0.717, 1.165) is 23.2 Å². The highest BCUT2D eigenvalue weighted by Crippen LogP contribution is 2.31. The SMILES string of the molecule is [C-]#[N+]C(C)(Cc1ccc2c(c1)CCN2C(=O)c1ccccc1)C(=O)OCC. The predicted octanol–water partition coefficient (Wildman–Crippen LogP) is 3.67. The second kappa shape index (κ2) is 7.63. The number of carbonyl (C=O) groups is 2. The minimum atomic E-state index is -1.23. The van der Waals surface area contributed by atoms with Crippen molar-refractivity contribution in [1.82, 2.24) is 0 Å². The number of fused-ring (bicyclic) bond motifs is 1. The zero-order valence-electron chi connectivity index (χ0n) is 15.6. The Morgan fingerprint density at radius 1 is 1.22 bits per heavy atom. The number of hydrogen-bond acceptors (Lipinski definition) is 3. The minimum Gasteiger partial charge on any atom is -0.460 e. The second-order valence-electron chi connectivity index (χ2n) is 6.82. The molecule has 1 atom stereocenters. The van der Waals surface area contributed by atoms with Gasteiger partial charge < -0.3 is 9.64 Å². The molecule has 138 valence electrons. The first kappa shape index (κ1) is 18.7. The molecule has 1 unspecified atom stereocenters. The first-order chi connectivity index (χ1) is 13.0. The van der Waals surface area contributed by atoms with Crippen molar-refractivity contribution >= 4 is 17.6 Å². The van der Waals surface area contributed by atoms with Crippen LogP contribution in [0, 0.1) is 6.57 Å². The molecule has 5 heteroatoms. The van der Waals surface area contributed by atoms with Gasteiger partial charge in [0, 0.05) is 24.7 Å². The summed E-state index contributed by atoms with van der Waals surface area (Å²) in [6.45, 7) is 11.6. The molecule has 0 saturated heterocycles. The topological polar surface area (TPSA) is 51.0 Å². The van der Waals surface area contributed by atoms with E-state index in [0.29, 0.717) is 12.1 Å². The first-order valence-corrected chi connectivity index (χ1v) is 9.03. The number of rotatable bonds is 5. The van der Waals surface area contributed by atoms with Crippen LogP contribution in [0.4, 0.5) is 5.69 Å². The zero-order chi connectivity index (χ0) is 19.4. The Kier molecular flexibility index (Phi) is 5.27. The van der Waals surface area contributed by atoms with E-state index in [9.17, 15) is 9.59 Å². The van der Waals surface area contributed by atoms with E-state index >= 15 is 0 Å². The quantitative estimate of drug-likeness (QED) is 0.602. The largest absolute Gasteiger partial charge is 0.460 e. The van der Waals surface area contributed by atoms with E-state index in [1.54, 1.807) is 18.7 Å². The van der Waals surface area contributed by atoms with Gasteiger partial charge in [0.25, 0.3) is 5.91 Å². The van der Waals surface area contributed by atoms with Gasteiger partial charge in [0.1, 0.15) is 0 Å². The summed E-state index contributed by atoms with van der Waals surface area (Å²) < 4.78 is 5.05. The highest BCUT2D eigenvalue weighted by molar-refractivity contribution is 6.07. The minimum absolute atomic E-state index is 0.0142. The molecule has 0 N–H and O–H groups in total. The lowest BCUT2D eigenvalue weighted by molar-refractivity contribution is -0.147. The van der Waals surface area contributed by atoms with Crippen molar-refractivity contribution in [2.24, 2.45) is 0 Å². The molecule has 0 bridgehead atoms. The van der Waals surface area contributed by atoms with Crippen LogP contribution in [0.3, 0.4) is 0 Å². The molecule has 0 aliphatic carbocycles. The summed E-state index contributed by atoms with van der Waals surface area (Å²) in [5, 5.41) is 0. The molecule has 2 aromatic rings. The lowest BCUT2D eigenvalue weighted by atomic mass is 9.92. The van der Waals surface area contributed by atoms with Crippen LogP contribution in [0.1, 0.15) is 35.3 Å². The van der Waals surface area contributed by atoms with Gasteiger partial charge in [-0.3, -0.25) is 9.64 Å². The van der Waals surface area contributed by atoms with Crippen LogP contribution < -0.4 is 4.90 Å². The van der Waals surface area contributed by atoms with E-state index in [1.807, 2.05) is 48.5 Å². The monoisotopic (exact) mass is 362 g/mol. The number of anilines is 1. The van der Waals surface area contributed by atoms with Gasteiger partial charge in [-0.15, -0.1) is 0 Å². The summed E-state index contributed by atoms with van der Waals surface area (Å²) in [5.41, 5.74) is 2.29. The van der Waals surface area contributed by atoms with Crippen LogP contribution in [-0.4, -0.2) is 30.6 Å². The van der Waals surface area contributed by atoms with Gasteiger partial charge in [0.2, 0.25) is 0 Å². The molecule has 5 nitrogen and oxygen atoms in total. The highest BCUT2D eigenvalue weighted by atomic mass is 16.5. The maximum Gasteiger partial charge on any atom is 0.393 e. The molecule has 1 aliphatic rings. The normalized spacial score (nSPS) is 14.8. The molecule has 27 heavy (non-hydrogen) atoms. The van der Waals surface area contributed by atoms with Crippen molar-refractivity contribution in [2.45, 2.75) is 32.2 Å². The van der Waals surface area contributed by atoms with E-state index in [1.165, 1.54) is 0 Å². The average molecular weight is 362 g/mol. The number of carbonyl (C=O) groups excluding carboxylic acids is 2. The molecule has 1 aliphatic heterocycles. The average Bonchev–Trinajstić information content (AvgIpc) is 3.11. The third kappa shape index (κ3) is 3.70. The predicted molar refractivity (Wildman–Crippen MR) is 104 cm³/mol. The molecule has 0 spiro atoms. The number of amides is 1. The van der Waals surface area contributed by atoms with Gasteiger partial charge in [0.05, 0.1) is 13.0 Å². The second-order valence-corrected chi connectivity index (χ2v) is 6.82. The molecule has 0 radical (unpaired) electrons. The molecular formula is C22H22N2O3. The fourth-order valence-electron chi connectivity index (χ4n) is 3.35. The van der Waals surface area contributed by atoms with Gasteiger partial charge in [0.15, 0.2) is 0 Å². The van der Waals surface area contributed by atoms with Crippen LogP contribution in [0.15, 0.2) is 48.5 Å². The van der Waals surface area contributed by atoms with Gasteiger partial charge >= 0.3 is 11.5 Å². The van der Waals surface area contributed by atoms with E-state index in [-0.39, 0.29) is 18.9 Å². The Morgan fingerprint density at radius 2 is 1.96 bits per heavy atom. The smallest absolute Gasteiger partial charge is 0.393 e. The third-order valence-corrected chi connectivity index (χ3v) is 4.82. The number of esters is 1. The van der Waals surface area contributed by atoms with Gasteiger partial charge in [-0.05, 0) is 42.7 Å². The molecule has 0 fully saturated rings. The van der Waals surface area contributed by atoms with E-state index < -0.39 is 11.5 Å². The van der Waals surface area contributed by atoms with Crippen molar-refractivity contribution in [3.8, 4) is 0 Å². The van der Waals surface area contributed by atoms with Crippen molar-refractivity contribution in [1.29, 1.82) is 0 Å². The summed E-state index contributed by atoms with van der Waals surface area (Å²) in [6.07, 6.45) is 1.05. The van der Waals surface area contributed by atoms with Crippen molar-refractivity contribution < 1.29 is 14.3 Å². The Bertz CT molecular complexity index is 902. The zero-order valence-corrected chi connectivity index (χ0v) is 15.6. The van der Waals surface area contributed by atoms with E-state index in [4.69, 9.17) is 11.3 Å². The van der Waals surface area contributed by atoms with Crippen LogP contribution in [-0.2, 0) is 22.4 Å². The van der Waals surface area contributed by atoms with Crippen molar-refractivity contribution in [2.75, 3.05) is 18.1 Å². The molecule has 3 rings (SSSR count). The summed E-state index contributed by atoms with van der Waals surface area (Å²) in [7, 11) is 0. The summed E-state index contributed by atoms with van der Waals surface area (Å²) in [5.74, 6) is -0.513. The van der Waals surface area contributed by atoms with Gasteiger partial charge in [-0.1, -0.05) is 30.3 Å². The Morgan fingerprint density at radius 3 is 2.63 bits per heavy atom. The maximum absolute atomic E-state index is 12.8. The van der Waals surface area contributed by atoms with E-state index in [2.05, 4.69) is 4.85 Å². The fraction of sp³-hybridized carbons (Fsp3) is 0.318. The maximum atomic E-state index is 12.8. The Balaban J connectivity index is 1.82. The third-order valence-electron chi connectivity index (χ3n) is 4.82. The standard InChI is InChI=1S/C22H22N2O3/c1-4-27-21(26)22(2,23-3)15-16-10-11-19-18(14-16)12-13-24(19)20(25)17-8-6-5-7-9-17/h5-11,14H,4,12-13,15H2,1-2H3. The van der Waals surface area contributed by atoms with Gasteiger partial charge in [-0.25, -0.2) is 11.4 Å². The van der Waals surface area contributed by atoms with Crippen molar-refractivity contribution in [3.63, 3.8) is 0 Å². The number of ether oxygens (including phenoxy) is 1. The first-order valence-electron chi connectivity index (χ1n) is 9.03. The molecule has 1 amide bonds. The van der Waals surface area contributed by atoms with Crippen LogP contribution in [0.25, 0.3) is 4.85 Å². The fourth-order valence-corrected chi connectivity index (χ4v) is 3.35. The lowest BCUT2D eigenvalue weighted by Crippen LogP contribution is -2.36. The van der Waals surface area contributed by atoms with Crippen LogP contribution in [0.2, 0.25) is 0 Å². The highest BCUT2D eigenvalue weighted by Gasteiger charge is 2.42.